The lowest BCUT2D eigenvalue weighted by molar-refractivity contribution is -0.137. The smallest absolute Gasteiger partial charge is 0.239 e. The Labute approximate surface area is 219 Å². The van der Waals surface area contributed by atoms with Gasteiger partial charge < -0.3 is 15.0 Å². The summed E-state index contributed by atoms with van der Waals surface area (Å²) in [6, 6.07) is 6.50. The number of likely N-dealkylation sites (N-methyl/N-ethyl adjacent to an activating group) is 2. The van der Waals surface area contributed by atoms with Crippen molar-refractivity contribution >= 4 is 45.1 Å². The molecule has 4 bridgehead atoms. The standard InChI is InChI=1S/C26H31IN6O2/c1-15-7-19-9-24(33(15)4)26(34)32(3)13-18(27)14-35-25-21(17-10-28-16(2)29-11-17)5-6-23-22(25)8-20(31-19)12-30-23/h5-6,8,10-12,15,18-19,24,31H,7,9,13-14H2,1-4H3/t15?,18?,19-,24-/m0/s1. The molecule has 0 aliphatic carbocycles. The third kappa shape index (κ3) is 4.93. The number of benzene rings is 1. The van der Waals surface area contributed by atoms with Crippen molar-refractivity contribution in [2.45, 2.75) is 48.7 Å². The van der Waals surface area contributed by atoms with Crippen LogP contribution in [-0.4, -0.2) is 80.0 Å². The number of alkyl halides is 1. The van der Waals surface area contributed by atoms with Gasteiger partial charge in [-0.25, -0.2) is 9.97 Å². The summed E-state index contributed by atoms with van der Waals surface area (Å²) in [5.74, 6) is 1.66. The van der Waals surface area contributed by atoms with Crippen LogP contribution in [0.4, 0.5) is 5.69 Å². The highest BCUT2D eigenvalue weighted by atomic mass is 127. The second-order valence-corrected chi connectivity index (χ2v) is 11.5. The number of aromatic nitrogens is 3. The summed E-state index contributed by atoms with van der Waals surface area (Å²) in [7, 11) is 3.96. The first-order valence-electron chi connectivity index (χ1n) is 12.0. The van der Waals surface area contributed by atoms with Crippen LogP contribution in [-0.2, 0) is 4.79 Å². The van der Waals surface area contributed by atoms with E-state index in [1.807, 2.05) is 49.6 Å². The van der Waals surface area contributed by atoms with Crippen molar-refractivity contribution in [3.63, 3.8) is 0 Å². The van der Waals surface area contributed by atoms with E-state index in [-0.39, 0.29) is 21.9 Å². The van der Waals surface area contributed by atoms with Crippen LogP contribution in [0.25, 0.3) is 22.0 Å². The van der Waals surface area contributed by atoms with Crippen LogP contribution in [0.1, 0.15) is 25.6 Å². The van der Waals surface area contributed by atoms with Gasteiger partial charge in [0.2, 0.25) is 5.91 Å². The predicted octanol–water partition coefficient (Wildman–Crippen LogP) is 3.92. The average Bonchev–Trinajstić information content (AvgIpc) is 2.84. The Balaban J connectivity index is 1.61. The maximum absolute atomic E-state index is 13.4. The molecule has 2 aromatic heterocycles. The zero-order chi connectivity index (χ0) is 24.7. The molecule has 1 fully saturated rings. The Morgan fingerprint density at radius 3 is 2.66 bits per heavy atom. The van der Waals surface area contributed by atoms with Gasteiger partial charge in [0, 0.05) is 54.6 Å². The summed E-state index contributed by atoms with van der Waals surface area (Å²) in [5, 5.41) is 4.62. The van der Waals surface area contributed by atoms with Crippen LogP contribution in [0.5, 0.6) is 5.75 Å². The molecule has 3 aromatic rings. The molecule has 0 radical (unpaired) electrons. The van der Waals surface area contributed by atoms with Gasteiger partial charge in [0.25, 0.3) is 0 Å². The summed E-state index contributed by atoms with van der Waals surface area (Å²) in [6.07, 6.45) is 7.26. The monoisotopic (exact) mass is 586 g/mol. The third-order valence-electron chi connectivity index (χ3n) is 7.14. The largest absolute Gasteiger partial charge is 0.491 e. The van der Waals surface area contributed by atoms with Crippen molar-refractivity contribution in [1.82, 2.24) is 24.8 Å². The van der Waals surface area contributed by atoms with Crippen LogP contribution < -0.4 is 10.1 Å². The van der Waals surface area contributed by atoms with E-state index in [4.69, 9.17) is 9.72 Å². The molecule has 1 N–H and O–H groups in total. The number of nitrogens with one attached hydrogen (secondary N) is 1. The number of nitrogens with zero attached hydrogens (tertiary/aromatic N) is 5. The minimum Gasteiger partial charge on any atom is -0.491 e. The molecular weight excluding hydrogens is 555 g/mol. The number of hydrogen-bond donors (Lipinski definition) is 1. The molecule has 2 aliphatic rings. The van der Waals surface area contributed by atoms with Crippen LogP contribution in [0.2, 0.25) is 0 Å². The van der Waals surface area contributed by atoms with E-state index in [1.54, 1.807) is 0 Å². The number of ether oxygens (including phenoxy) is 1. The number of halogens is 1. The molecule has 4 atom stereocenters. The van der Waals surface area contributed by atoms with Crippen molar-refractivity contribution in [3.8, 4) is 16.9 Å². The Morgan fingerprint density at radius 2 is 1.89 bits per heavy atom. The highest BCUT2D eigenvalue weighted by Crippen LogP contribution is 2.38. The Bertz CT molecular complexity index is 1240. The summed E-state index contributed by atoms with van der Waals surface area (Å²) in [5.41, 5.74) is 3.64. The number of piperidine rings is 1. The molecule has 8 nitrogen and oxygen atoms in total. The van der Waals surface area contributed by atoms with Gasteiger partial charge in [0.05, 0.1) is 27.4 Å². The molecule has 184 valence electrons. The van der Waals surface area contributed by atoms with Crippen LogP contribution in [0.15, 0.2) is 36.8 Å². The molecule has 1 saturated heterocycles. The van der Waals surface area contributed by atoms with Crippen molar-refractivity contribution in [2.75, 3.05) is 32.6 Å². The van der Waals surface area contributed by atoms with E-state index < -0.39 is 0 Å². The number of hydrogen-bond acceptors (Lipinski definition) is 7. The van der Waals surface area contributed by atoms with Crippen molar-refractivity contribution < 1.29 is 9.53 Å². The zero-order valence-electron chi connectivity index (χ0n) is 20.5. The number of rotatable bonds is 1. The van der Waals surface area contributed by atoms with Gasteiger partial charge in [-0.05, 0) is 51.9 Å². The van der Waals surface area contributed by atoms with Gasteiger partial charge in [-0.3, -0.25) is 14.7 Å². The number of likely N-dealkylation sites (tertiary alicyclic amines) is 1. The number of amides is 1. The summed E-state index contributed by atoms with van der Waals surface area (Å²) in [6.45, 7) is 5.15. The van der Waals surface area contributed by atoms with Gasteiger partial charge in [-0.15, -0.1) is 0 Å². The number of carbonyl (C=O) groups excluding carboxylic acids is 1. The maximum Gasteiger partial charge on any atom is 0.239 e. The first-order chi connectivity index (χ1) is 16.8. The van der Waals surface area contributed by atoms with Crippen LogP contribution >= 0.6 is 22.6 Å². The molecule has 1 amide bonds. The third-order valence-corrected chi connectivity index (χ3v) is 7.89. The number of aryl methyl sites for hydroxylation is 1. The van der Waals surface area contributed by atoms with Gasteiger partial charge in [0.15, 0.2) is 0 Å². The first kappa shape index (κ1) is 24.2. The topological polar surface area (TPSA) is 83.5 Å². The number of fused-ring (bicyclic) bond motifs is 3. The Kier molecular flexibility index (Phi) is 6.80. The zero-order valence-corrected chi connectivity index (χ0v) is 22.7. The molecule has 2 aliphatic heterocycles. The van der Waals surface area contributed by atoms with Gasteiger partial charge in [-0.1, -0.05) is 22.6 Å². The van der Waals surface area contributed by atoms with E-state index in [0.29, 0.717) is 19.2 Å². The molecule has 0 saturated carbocycles. The van der Waals surface area contributed by atoms with Gasteiger partial charge in [0.1, 0.15) is 18.2 Å². The van der Waals surface area contributed by atoms with E-state index in [0.717, 1.165) is 52.1 Å². The quantitative estimate of drug-likeness (QED) is 0.342. The minimum atomic E-state index is -0.147. The minimum absolute atomic E-state index is 0.123. The maximum atomic E-state index is 13.4. The SMILES string of the molecule is Cc1ncc(-c2ccc3ncc4cc3c2OCC(I)CN(C)C(=O)[C@@H]2C[C@H](CC(C)N2C)N4)cn1. The Morgan fingerprint density at radius 1 is 1.11 bits per heavy atom. The summed E-state index contributed by atoms with van der Waals surface area (Å²) in [4.78, 5) is 31.0. The van der Waals surface area contributed by atoms with E-state index in [2.05, 4.69) is 62.8 Å². The molecular formula is C26H31IN6O2. The number of pyridine rings is 1. The second-order valence-electron chi connectivity index (χ2n) is 9.72. The Hall–Kier alpha value is -2.53. The van der Waals surface area contributed by atoms with Gasteiger partial charge in [-0.2, -0.15) is 0 Å². The predicted molar refractivity (Wildman–Crippen MR) is 146 cm³/mol. The normalized spacial score (nSPS) is 25.7. The average molecular weight is 586 g/mol. The highest BCUT2D eigenvalue weighted by Gasteiger charge is 2.37. The van der Waals surface area contributed by atoms with Crippen LogP contribution in [0.3, 0.4) is 0 Å². The fraction of sp³-hybridized carbons (Fsp3) is 0.462. The lowest BCUT2D eigenvalue weighted by Gasteiger charge is -2.43. The summed E-state index contributed by atoms with van der Waals surface area (Å²) >= 11 is 2.38. The summed E-state index contributed by atoms with van der Waals surface area (Å²) < 4.78 is 6.60. The van der Waals surface area contributed by atoms with Crippen LogP contribution in [0, 0.1) is 6.92 Å². The van der Waals surface area contributed by atoms with Crippen molar-refractivity contribution in [2.24, 2.45) is 0 Å². The molecule has 5 rings (SSSR count). The lowest BCUT2D eigenvalue weighted by atomic mass is 9.91. The van der Waals surface area contributed by atoms with E-state index in [9.17, 15) is 4.79 Å². The number of anilines is 1. The fourth-order valence-corrected chi connectivity index (χ4v) is 5.85. The molecule has 0 spiro atoms. The van der Waals surface area contributed by atoms with E-state index >= 15 is 0 Å². The molecule has 2 unspecified atom stereocenters. The fourth-order valence-electron chi connectivity index (χ4n) is 5.08. The molecule has 9 heteroatoms. The van der Waals surface area contributed by atoms with Gasteiger partial charge >= 0.3 is 0 Å². The second kappa shape index (κ2) is 9.85. The lowest BCUT2D eigenvalue weighted by Crippen LogP contribution is -2.56. The van der Waals surface area contributed by atoms with Crippen molar-refractivity contribution in [1.29, 1.82) is 0 Å². The highest BCUT2D eigenvalue weighted by molar-refractivity contribution is 14.1. The van der Waals surface area contributed by atoms with E-state index in [1.165, 1.54) is 0 Å². The molecule has 4 heterocycles. The first-order valence-corrected chi connectivity index (χ1v) is 13.3. The van der Waals surface area contributed by atoms with Crippen molar-refractivity contribution in [3.05, 3.63) is 42.6 Å². The number of carbonyl (C=O) groups is 1. The molecule has 35 heavy (non-hydrogen) atoms. The molecule has 1 aromatic carbocycles.